The quantitative estimate of drug-likeness (QED) is 0.600. The topological polar surface area (TPSA) is 69.7 Å². The summed E-state index contributed by atoms with van der Waals surface area (Å²) in [6, 6.07) is 13.3. The van der Waals surface area contributed by atoms with Gasteiger partial charge in [-0.1, -0.05) is 18.2 Å². The molecule has 0 aliphatic heterocycles. The number of benzene rings is 2. The molecule has 5 nitrogen and oxygen atoms in total. The van der Waals surface area contributed by atoms with Gasteiger partial charge in [0.2, 0.25) is 0 Å². The van der Waals surface area contributed by atoms with Crippen LogP contribution < -0.4 is 4.74 Å². The Morgan fingerprint density at radius 2 is 1.78 bits per heavy atom. The van der Waals surface area contributed by atoms with E-state index in [2.05, 4.69) is 0 Å². The summed E-state index contributed by atoms with van der Waals surface area (Å²) in [4.78, 5) is 12.0. The van der Waals surface area contributed by atoms with Gasteiger partial charge in [-0.15, -0.1) is 0 Å². The number of rotatable bonds is 6. The molecule has 0 aliphatic carbocycles. The van der Waals surface area contributed by atoms with E-state index < -0.39 is 15.8 Å². The van der Waals surface area contributed by atoms with Crippen LogP contribution in [0.1, 0.15) is 15.9 Å². The minimum absolute atomic E-state index is 0.0792. The summed E-state index contributed by atoms with van der Waals surface area (Å²) in [5.41, 5.74) is 1.28. The fourth-order valence-electron chi connectivity index (χ4n) is 1.94. The van der Waals surface area contributed by atoms with Crippen LogP contribution in [-0.4, -0.2) is 33.9 Å². The Morgan fingerprint density at radius 1 is 1.04 bits per heavy atom. The molecule has 0 unspecified atom stereocenters. The maximum absolute atomic E-state index is 11.9. The highest BCUT2D eigenvalue weighted by Gasteiger charge is 2.12. The minimum Gasteiger partial charge on any atom is -0.490 e. The van der Waals surface area contributed by atoms with E-state index in [-0.39, 0.29) is 23.7 Å². The van der Waals surface area contributed by atoms with Gasteiger partial charge in [0.1, 0.15) is 19.0 Å². The molecule has 0 fully saturated rings. The molecule has 0 aliphatic rings. The lowest BCUT2D eigenvalue weighted by Gasteiger charge is -2.08. The van der Waals surface area contributed by atoms with Crippen LogP contribution in [0, 0.1) is 6.92 Å². The molecular formula is C17H18O5S. The van der Waals surface area contributed by atoms with Crippen LogP contribution in [0.5, 0.6) is 5.75 Å². The number of ether oxygens (including phenoxy) is 2. The van der Waals surface area contributed by atoms with E-state index >= 15 is 0 Å². The molecule has 2 aromatic rings. The van der Waals surface area contributed by atoms with Crippen LogP contribution in [-0.2, 0) is 14.6 Å². The SMILES string of the molecule is Cc1cccc(OCCOC(=O)c2cccc(S(C)(=O)=O)c2)c1. The summed E-state index contributed by atoms with van der Waals surface area (Å²) in [5.74, 6) is 0.128. The maximum atomic E-state index is 11.9. The van der Waals surface area contributed by atoms with E-state index in [0.29, 0.717) is 5.75 Å². The van der Waals surface area contributed by atoms with E-state index in [1.54, 1.807) is 0 Å². The van der Waals surface area contributed by atoms with Gasteiger partial charge in [-0.05, 0) is 42.8 Å². The summed E-state index contributed by atoms with van der Waals surface area (Å²) in [5, 5.41) is 0. The average Bonchev–Trinajstić information content (AvgIpc) is 2.51. The lowest BCUT2D eigenvalue weighted by molar-refractivity contribution is 0.0450. The number of carbonyl (C=O) groups is 1. The zero-order chi connectivity index (χ0) is 16.9. The van der Waals surface area contributed by atoms with Crippen LogP contribution in [0.2, 0.25) is 0 Å². The third kappa shape index (κ3) is 5.10. The van der Waals surface area contributed by atoms with Gasteiger partial charge in [-0.2, -0.15) is 0 Å². The molecule has 2 aromatic carbocycles. The number of esters is 1. The molecule has 2 rings (SSSR count). The second-order valence-electron chi connectivity index (χ2n) is 5.10. The van der Waals surface area contributed by atoms with Gasteiger partial charge in [-0.3, -0.25) is 0 Å². The Bertz CT molecular complexity index is 796. The molecule has 0 spiro atoms. The zero-order valence-corrected chi connectivity index (χ0v) is 13.8. The molecule has 0 amide bonds. The standard InChI is InChI=1S/C17H18O5S/c1-13-5-3-7-15(11-13)21-9-10-22-17(18)14-6-4-8-16(12-14)23(2,19)20/h3-8,11-12H,9-10H2,1-2H3. The summed E-state index contributed by atoms with van der Waals surface area (Å²) < 4.78 is 33.5. The van der Waals surface area contributed by atoms with E-state index in [1.165, 1.54) is 24.3 Å². The number of sulfone groups is 1. The van der Waals surface area contributed by atoms with Crippen molar-refractivity contribution in [1.29, 1.82) is 0 Å². The van der Waals surface area contributed by atoms with Crippen LogP contribution in [0.15, 0.2) is 53.4 Å². The summed E-state index contributed by atoms with van der Waals surface area (Å²) in [6.07, 6.45) is 1.09. The van der Waals surface area contributed by atoms with Gasteiger partial charge in [0, 0.05) is 6.26 Å². The van der Waals surface area contributed by atoms with Gasteiger partial charge in [0.05, 0.1) is 10.5 Å². The van der Waals surface area contributed by atoms with E-state index in [1.807, 2.05) is 31.2 Å². The van der Waals surface area contributed by atoms with Crippen molar-refractivity contribution in [2.75, 3.05) is 19.5 Å². The summed E-state index contributed by atoms with van der Waals surface area (Å²) in [6.45, 7) is 2.26. The molecule has 23 heavy (non-hydrogen) atoms. The van der Waals surface area contributed by atoms with Gasteiger partial charge < -0.3 is 9.47 Å². The largest absolute Gasteiger partial charge is 0.490 e. The molecular weight excluding hydrogens is 316 g/mol. The van der Waals surface area contributed by atoms with Crippen molar-refractivity contribution in [3.8, 4) is 5.75 Å². The Morgan fingerprint density at radius 3 is 2.48 bits per heavy atom. The molecule has 0 atom stereocenters. The number of hydrogen-bond acceptors (Lipinski definition) is 5. The van der Waals surface area contributed by atoms with Crippen molar-refractivity contribution in [2.24, 2.45) is 0 Å². The highest BCUT2D eigenvalue weighted by Crippen LogP contribution is 2.13. The van der Waals surface area contributed by atoms with Crippen molar-refractivity contribution in [1.82, 2.24) is 0 Å². The van der Waals surface area contributed by atoms with Gasteiger partial charge >= 0.3 is 5.97 Å². The fourth-order valence-corrected chi connectivity index (χ4v) is 2.60. The third-order valence-electron chi connectivity index (χ3n) is 3.07. The van der Waals surface area contributed by atoms with Crippen LogP contribution in [0.25, 0.3) is 0 Å². The Kier molecular flexibility index (Phi) is 5.39. The Balaban J connectivity index is 1.88. The van der Waals surface area contributed by atoms with Crippen molar-refractivity contribution >= 4 is 15.8 Å². The summed E-state index contributed by atoms with van der Waals surface area (Å²) >= 11 is 0. The zero-order valence-electron chi connectivity index (χ0n) is 13.0. The fraction of sp³-hybridized carbons (Fsp3) is 0.235. The molecule has 0 saturated heterocycles. The van der Waals surface area contributed by atoms with Gasteiger partial charge in [-0.25, -0.2) is 13.2 Å². The second-order valence-corrected chi connectivity index (χ2v) is 7.12. The van der Waals surface area contributed by atoms with Crippen molar-refractivity contribution in [3.63, 3.8) is 0 Å². The monoisotopic (exact) mass is 334 g/mol. The van der Waals surface area contributed by atoms with E-state index in [9.17, 15) is 13.2 Å². The first-order valence-corrected chi connectivity index (χ1v) is 8.92. The van der Waals surface area contributed by atoms with Crippen molar-refractivity contribution in [3.05, 3.63) is 59.7 Å². The van der Waals surface area contributed by atoms with E-state index in [4.69, 9.17) is 9.47 Å². The number of carbonyl (C=O) groups excluding carboxylic acids is 1. The smallest absolute Gasteiger partial charge is 0.338 e. The summed E-state index contributed by atoms with van der Waals surface area (Å²) in [7, 11) is -3.36. The maximum Gasteiger partial charge on any atom is 0.338 e. The highest BCUT2D eigenvalue weighted by molar-refractivity contribution is 7.90. The first-order chi connectivity index (χ1) is 10.9. The second kappa shape index (κ2) is 7.28. The lowest BCUT2D eigenvalue weighted by atomic mass is 10.2. The average molecular weight is 334 g/mol. The lowest BCUT2D eigenvalue weighted by Crippen LogP contribution is -2.13. The van der Waals surface area contributed by atoms with Crippen LogP contribution in [0.3, 0.4) is 0 Å². The minimum atomic E-state index is -3.36. The highest BCUT2D eigenvalue weighted by atomic mass is 32.2. The predicted octanol–water partition coefficient (Wildman–Crippen LogP) is 2.63. The van der Waals surface area contributed by atoms with Gasteiger partial charge in [0.25, 0.3) is 0 Å². The number of aryl methyl sites for hydroxylation is 1. The third-order valence-corrected chi connectivity index (χ3v) is 4.18. The Hall–Kier alpha value is -2.34. The van der Waals surface area contributed by atoms with Crippen molar-refractivity contribution in [2.45, 2.75) is 11.8 Å². The van der Waals surface area contributed by atoms with E-state index in [0.717, 1.165) is 11.8 Å². The van der Waals surface area contributed by atoms with Crippen LogP contribution >= 0.6 is 0 Å². The molecule has 0 heterocycles. The number of hydrogen-bond donors (Lipinski definition) is 0. The van der Waals surface area contributed by atoms with Gasteiger partial charge in [0.15, 0.2) is 9.84 Å². The molecule has 0 radical (unpaired) electrons. The first-order valence-electron chi connectivity index (χ1n) is 7.03. The molecule has 0 N–H and O–H groups in total. The normalized spacial score (nSPS) is 11.0. The Labute approximate surface area is 135 Å². The van der Waals surface area contributed by atoms with Crippen LogP contribution in [0.4, 0.5) is 0 Å². The molecule has 0 bridgehead atoms. The predicted molar refractivity (Wildman–Crippen MR) is 86.5 cm³/mol. The molecule has 122 valence electrons. The van der Waals surface area contributed by atoms with Crippen molar-refractivity contribution < 1.29 is 22.7 Å². The molecule has 6 heteroatoms. The molecule has 0 aromatic heterocycles. The first kappa shape index (κ1) is 17.0. The molecule has 0 saturated carbocycles.